The molecular formula is C25H21Cl2NO4S. The van der Waals surface area contributed by atoms with Crippen molar-refractivity contribution >= 4 is 52.6 Å². The Hall–Kier alpha value is -2.80. The highest BCUT2D eigenvalue weighted by Crippen LogP contribution is 2.50. The molecule has 4 rings (SSSR count). The van der Waals surface area contributed by atoms with E-state index in [2.05, 4.69) is 0 Å². The molecule has 3 aromatic rings. The standard InChI is InChI=1S/C25H21Cl2NO4S/c1-30-20-11-15(12-21(31-2)23(20)32-3)13-22-24(29)28(19-14-17(26)9-10-18(19)27)25(33-22)16-7-5-4-6-8-16/h4-14,25H,1-3H3/b22-13-. The Bertz CT molecular complexity index is 1190. The molecule has 8 heteroatoms. The van der Waals surface area contributed by atoms with Gasteiger partial charge >= 0.3 is 0 Å². The monoisotopic (exact) mass is 501 g/mol. The summed E-state index contributed by atoms with van der Waals surface area (Å²) in [6, 6.07) is 18.5. The molecule has 0 saturated carbocycles. The van der Waals surface area contributed by atoms with E-state index >= 15 is 0 Å². The third-order valence-electron chi connectivity index (χ3n) is 5.14. The maximum atomic E-state index is 13.6. The van der Waals surface area contributed by atoms with E-state index in [0.717, 1.165) is 11.1 Å². The molecule has 33 heavy (non-hydrogen) atoms. The van der Waals surface area contributed by atoms with Gasteiger partial charge in [0.05, 0.1) is 36.9 Å². The first-order chi connectivity index (χ1) is 16.0. The second-order valence-electron chi connectivity index (χ2n) is 7.12. The minimum absolute atomic E-state index is 0.174. The van der Waals surface area contributed by atoms with Gasteiger partial charge in [-0.25, -0.2) is 0 Å². The molecule has 1 heterocycles. The van der Waals surface area contributed by atoms with Crippen molar-refractivity contribution in [1.82, 2.24) is 0 Å². The maximum absolute atomic E-state index is 13.6. The second kappa shape index (κ2) is 10.00. The van der Waals surface area contributed by atoms with Crippen LogP contribution in [0.15, 0.2) is 65.6 Å². The third kappa shape index (κ3) is 4.64. The molecule has 170 valence electrons. The minimum atomic E-state index is -0.303. The molecule has 1 amide bonds. The SMILES string of the molecule is COc1cc(/C=C2\SC(c3ccccc3)N(c3cc(Cl)ccc3Cl)C2=O)cc(OC)c1OC. The first-order valence-corrected chi connectivity index (χ1v) is 11.6. The van der Waals surface area contributed by atoms with E-state index in [1.807, 2.05) is 36.4 Å². The summed E-state index contributed by atoms with van der Waals surface area (Å²) < 4.78 is 16.3. The quantitative estimate of drug-likeness (QED) is 0.346. The molecule has 1 atom stereocenters. The Morgan fingerprint density at radius 2 is 1.58 bits per heavy atom. The fraction of sp³-hybridized carbons (Fsp3) is 0.160. The summed E-state index contributed by atoms with van der Waals surface area (Å²) in [5.74, 6) is 1.33. The van der Waals surface area contributed by atoms with E-state index in [9.17, 15) is 4.79 Å². The Balaban J connectivity index is 1.82. The van der Waals surface area contributed by atoms with E-state index in [-0.39, 0.29) is 11.3 Å². The number of hydrogen-bond acceptors (Lipinski definition) is 5. The molecule has 0 bridgehead atoms. The highest BCUT2D eigenvalue weighted by Gasteiger charge is 2.39. The van der Waals surface area contributed by atoms with Gasteiger partial charge in [0.1, 0.15) is 5.37 Å². The van der Waals surface area contributed by atoms with Gasteiger partial charge in [0.2, 0.25) is 5.75 Å². The van der Waals surface area contributed by atoms with Crippen molar-refractivity contribution in [3.8, 4) is 17.2 Å². The molecule has 0 spiro atoms. The van der Waals surface area contributed by atoms with Crippen LogP contribution in [-0.2, 0) is 4.79 Å². The number of benzene rings is 3. The van der Waals surface area contributed by atoms with Gasteiger partial charge in [-0.3, -0.25) is 9.69 Å². The number of ether oxygens (including phenoxy) is 3. The normalized spacial score (nSPS) is 16.9. The molecule has 3 aromatic carbocycles. The predicted octanol–water partition coefficient (Wildman–Crippen LogP) is 6.84. The molecule has 1 unspecified atom stereocenters. The Morgan fingerprint density at radius 1 is 0.909 bits per heavy atom. The van der Waals surface area contributed by atoms with Crippen molar-refractivity contribution in [2.45, 2.75) is 5.37 Å². The smallest absolute Gasteiger partial charge is 0.266 e. The number of carbonyl (C=O) groups is 1. The lowest BCUT2D eigenvalue weighted by Gasteiger charge is -2.24. The van der Waals surface area contributed by atoms with Crippen molar-refractivity contribution in [1.29, 1.82) is 0 Å². The van der Waals surface area contributed by atoms with Gasteiger partial charge in [0.25, 0.3) is 5.91 Å². The number of halogens is 2. The van der Waals surface area contributed by atoms with Crippen molar-refractivity contribution < 1.29 is 19.0 Å². The first-order valence-electron chi connectivity index (χ1n) is 9.98. The average molecular weight is 502 g/mol. The number of hydrogen-bond donors (Lipinski definition) is 0. The van der Waals surface area contributed by atoms with Crippen LogP contribution < -0.4 is 19.1 Å². The number of anilines is 1. The van der Waals surface area contributed by atoms with E-state index in [1.165, 1.54) is 11.8 Å². The maximum Gasteiger partial charge on any atom is 0.266 e. The van der Waals surface area contributed by atoms with Crippen molar-refractivity contribution in [3.05, 3.63) is 86.7 Å². The fourth-order valence-electron chi connectivity index (χ4n) is 3.62. The zero-order chi connectivity index (χ0) is 23.5. The van der Waals surface area contributed by atoms with Crippen LogP contribution in [0.3, 0.4) is 0 Å². The summed E-state index contributed by atoms with van der Waals surface area (Å²) in [6.45, 7) is 0. The van der Waals surface area contributed by atoms with Crippen LogP contribution in [0.5, 0.6) is 17.2 Å². The molecule has 1 fully saturated rings. The van der Waals surface area contributed by atoms with Gasteiger partial charge in [-0.1, -0.05) is 65.3 Å². The van der Waals surface area contributed by atoms with Crippen LogP contribution in [0.4, 0.5) is 5.69 Å². The van der Waals surface area contributed by atoms with Gasteiger partial charge in [0, 0.05) is 5.02 Å². The van der Waals surface area contributed by atoms with Crippen LogP contribution in [-0.4, -0.2) is 27.2 Å². The van der Waals surface area contributed by atoms with Gasteiger partial charge in [-0.15, -0.1) is 0 Å². The predicted molar refractivity (Wildman–Crippen MR) is 135 cm³/mol. The number of nitrogens with zero attached hydrogens (tertiary/aromatic N) is 1. The Labute approximate surface area is 206 Å². The Morgan fingerprint density at radius 3 is 2.18 bits per heavy atom. The summed E-state index contributed by atoms with van der Waals surface area (Å²) in [5.41, 5.74) is 2.27. The molecule has 0 radical (unpaired) electrons. The van der Waals surface area contributed by atoms with Gasteiger partial charge in [0.15, 0.2) is 11.5 Å². The summed E-state index contributed by atoms with van der Waals surface area (Å²) in [7, 11) is 4.65. The minimum Gasteiger partial charge on any atom is -0.493 e. The number of carbonyl (C=O) groups excluding carboxylic acids is 1. The molecule has 0 aromatic heterocycles. The molecule has 1 aliphatic heterocycles. The highest BCUT2D eigenvalue weighted by molar-refractivity contribution is 8.05. The largest absolute Gasteiger partial charge is 0.493 e. The fourth-order valence-corrected chi connectivity index (χ4v) is 5.25. The average Bonchev–Trinajstić information content (AvgIpc) is 3.16. The molecular weight excluding hydrogens is 481 g/mol. The van der Waals surface area contributed by atoms with E-state index in [1.54, 1.807) is 56.6 Å². The second-order valence-corrected chi connectivity index (χ2v) is 9.08. The molecule has 5 nitrogen and oxygen atoms in total. The van der Waals surface area contributed by atoms with Gasteiger partial charge < -0.3 is 14.2 Å². The lowest BCUT2D eigenvalue weighted by Crippen LogP contribution is -2.27. The van der Waals surface area contributed by atoms with Crippen LogP contribution in [0.1, 0.15) is 16.5 Å². The highest BCUT2D eigenvalue weighted by atomic mass is 35.5. The first kappa shape index (κ1) is 23.4. The number of thioether (sulfide) groups is 1. The molecule has 0 N–H and O–H groups in total. The van der Waals surface area contributed by atoms with E-state index in [4.69, 9.17) is 37.4 Å². The molecule has 0 aliphatic carbocycles. The number of amides is 1. The van der Waals surface area contributed by atoms with Crippen molar-refractivity contribution in [3.63, 3.8) is 0 Å². The lowest BCUT2D eigenvalue weighted by atomic mass is 10.1. The topological polar surface area (TPSA) is 48.0 Å². The summed E-state index contributed by atoms with van der Waals surface area (Å²) in [6.07, 6.45) is 1.81. The van der Waals surface area contributed by atoms with Gasteiger partial charge in [-0.2, -0.15) is 0 Å². The van der Waals surface area contributed by atoms with Crippen molar-refractivity contribution in [2.75, 3.05) is 26.2 Å². The van der Waals surface area contributed by atoms with E-state index < -0.39 is 0 Å². The van der Waals surface area contributed by atoms with Crippen LogP contribution >= 0.6 is 35.0 Å². The summed E-state index contributed by atoms with van der Waals surface area (Å²) >= 11 is 14.2. The molecule has 1 aliphatic rings. The van der Waals surface area contributed by atoms with Crippen LogP contribution in [0.25, 0.3) is 6.08 Å². The zero-order valence-corrected chi connectivity index (χ0v) is 20.5. The Kier molecular flexibility index (Phi) is 7.08. The summed E-state index contributed by atoms with van der Waals surface area (Å²) in [4.78, 5) is 15.9. The molecule has 1 saturated heterocycles. The van der Waals surface area contributed by atoms with E-state index in [0.29, 0.717) is 37.9 Å². The van der Waals surface area contributed by atoms with Crippen LogP contribution in [0.2, 0.25) is 10.0 Å². The number of methoxy groups -OCH3 is 3. The summed E-state index contributed by atoms with van der Waals surface area (Å²) in [5, 5.41) is 0.646. The zero-order valence-electron chi connectivity index (χ0n) is 18.2. The van der Waals surface area contributed by atoms with Crippen LogP contribution in [0, 0.1) is 0 Å². The lowest BCUT2D eigenvalue weighted by molar-refractivity contribution is -0.114. The van der Waals surface area contributed by atoms with Gasteiger partial charge in [-0.05, 0) is 47.5 Å². The number of rotatable bonds is 6. The van der Waals surface area contributed by atoms with Crippen molar-refractivity contribution in [2.24, 2.45) is 0 Å². The third-order valence-corrected chi connectivity index (χ3v) is 6.95.